The zero-order chi connectivity index (χ0) is 13.0. The third kappa shape index (κ3) is 2.86. The standard InChI is InChI=1S/C11H13N5OS/c1-7(18-2)10(17)14-11-13-9(15-16-11)8-5-3-4-6-12-8/h3-7H,1-2H3,(H2,13,14,15,16,17)/t7-/m0/s1. The average Bonchev–Trinajstić information content (AvgIpc) is 2.87. The molecule has 0 saturated heterocycles. The highest BCUT2D eigenvalue weighted by molar-refractivity contribution is 7.99. The Morgan fingerprint density at radius 3 is 3.00 bits per heavy atom. The fourth-order valence-corrected chi connectivity index (χ4v) is 1.53. The molecule has 2 N–H and O–H groups in total. The molecule has 6 nitrogen and oxygen atoms in total. The topological polar surface area (TPSA) is 83.6 Å². The van der Waals surface area contributed by atoms with E-state index in [-0.39, 0.29) is 17.1 Å². The third-order valence-corrected chi connectivity index (χ3v) is 3.27. The van der Waals surface area contributed by atoms with E-state index in [9.17, 15) is 4.79 Å². The summed E-state index contributed by atoms with van der Waals surface area (Å²) in [6, 6.07) is 5.50. The number of aromatic amines is 1. The second-order valence-electron chi connectivity index (χ2n) is 3.59. The van der Waals surface area contributed by atoms with Crippen LogP contribution in [0.3, 0.4) is 0 Å². The summed E-state index contributed by atoms with van der Waals surface area (Å²) in [5.41, 5.74) is 0.684. The van der Waals surface area contributed by atoms with Gasteiger partial charge in [0.1, 0.15) is 5.69 Å². The molecule has 18 heavy (non-hydrogen) atoms. The molecule has 0 spiro atoms. The van der Waals surface area contributed by atoms with Crippen LogP contribution in [0.25, 0.3) is 11.5 Å². The lowest BCUT2D eigenvalue weighted by molar-refractivity contribution is -0.115. The number of carbonyl (C=O) groups excluding carboxylic acids is 1. The van der Waals surface area contributed by atoms with Gasteiger partial charge in [0.2, 0.25) is 11.9 Å². The number of hydrogen-bond donors (Lipinski definition) is 2. The summed E-state index contributed by atoms with van der Waals surface area (Å²) >= 11 is 1.47. The van der Waals surface area contributed by atoms with E-state index in [0.717, 1.165) is 0 Å². The minimum atomic E-state index is -0.137. The lowest BCUT2D eigenvalue weighted by Gasteiger charge is -2.05. The number of anilines is 1. The summed E-state index contributed by atoms with van der Waals surface area (Å²) < 4.78 is 0. The molecule has 2 aromatic rings. The van der Waals surface area contributed by atoms with Crippen LogP contribution in [0.2, 0.25) is 0 Å². The van der Waals surface area contributed by atoms with Crippen molar-refractivity contribution in [3.63, 3.8) is 0 Å². The van der Waals surface area contributed by atoms with Gasteiger partial charge in [-0.1, -0.05) is 6.07 Å². The Kier molecular flexibility index (Phi) is 3.93. The molecule has 0 aliphatic rings. The van der Waals surface area contributed by atoms with Gasteiger partial charge in [-0.15, -0.1) is 5.10 Å². The maximum Gasteiger partial charge on any atom is 0.249 e. The molecular weight excluding hydrogens is 250 g/mol. The highest BCUT2D eigenvalue weighted by Gasteiger charge is 2.14. The molecule has 0 saturated carbocycles. The third-order valence-electron chi connectivity index (χ3n) is 2.35. The number of amides is 1. The van der Waals surface area contributed by atoms with Crippen molar-refractivity contribution in [2.75, 3.05) is 11.6 Å². The number of nitrogens with zero attached hydrogens (tertiary/aromatic N) is 3. The van der Waals surface area contributed by atoms with Crippen LogP contribution in [0.15, 0.2) is 24.4 Å². The molecule has 2 aromatic heterocycles. The van der Waals surface area contributed by atoms with Crippen LogP contribution >= 0.6 is 11.8 Å². The van der Waals surface area contributed by atoms with E-state index >= 15 is 0 Å². The van der Waals surface area contributed by atoms with Gasteiger partial charge in [-0.2, -0.15) is 16.7 Å². The monoisotopic (exact) mass is 263 g/mol. The van der Waals surface area contributed by atoms with Crippen LogP contribution in [-0.4, -0.2) is 37.6 Å². The quantitative estimate of drug-likeness (QED) is 0.874. The molecule has 0 bridgehead atoms. The zero-order valence-corrected chi connectivity index (χ0v) is 10.9. The molecule has 2 heterocycles. The predicted octanol–water partition coefficient (Wildman–Crippen LogP) is 1.56. The van der Waals surface area contributed by atoms with Crippen molar-refractivity contribution in [3.05, 3.63) is 24.4 Å². The normalized spacial score (nSPS) is 12.1. The first-order valence-electron chi connectivity index (χ1n) is 5.38. The number of hydrogen-bond acceptors (Lipinski definition) is 5. The molecule has 2 rings (SSSR count). The second kappa shape index (κ2) is 5.63. The molecule has 0 radical (unpaired) electrons. The number of thioether (sulfide) groups is 1. The highest BCUT2D eigenvalue weighted by Crippen LogP contribution is 2.13. The lowest BCUT2D eigenvalue weighted by Crippen LogP contribution is -2.22. The number of carbonyl (C=O) groups is 1. The highest BCUT2D eigenvalue weighted by atomic mass is 32.2. The molecule has 94 valence electrons. The fourth-order valence-electron chi connectivity index (χ4n) is 1.25. The first kappa shape index (κ1) is 12.6. The summed E-state index contributed by atoms with van der Waals surface area (Å²) in [4.78, 5) is 20.0. The van der Waals surface area contributed by atoms with Gasteiger partial charge in [0.15, 0.2) is 5.82 Å². The van der Waals surface area contributed by atoms with Gasteiger partial charge >= 0.3 is 0 Å². The van der Waals surface area contributed by atoms with Crippen molar-refractivity contribution >= 4 is 23.6 Å². The number of H-pyrrole nitrogens is 1. The Labute approximate surface area is 109 Å². The number of aromatic nitrogens is 4. The van der Waals surface area contributed by atoms with Crippen molar-refractivity contribution in [3.8, 4) is 11.5 Å². The van der Waals surface area contributed by atoms with Gasteiger partial charge in [-0.05, 0) is 25.3 Å². The minimum Gasteiger partial charge on any atom is -0.292 e. The van der Waals surface area contributed by atoms with Gasteiger partial charge in [0.25, 0.3) is 0 Å². The van der Waals surface area contributed by atoms with Gasteiger partial charge in [-0.3, -0.25) is 20.2 Å². The molecule has 7 heteroatoms. The first-order chi connectivity index (χ1) is 8.70. The maximum absolute atomic E-state index is 11.6. The van der Waals surface area contributed by atoms with Gasteiger partial charge < -0.3 is 0 Å². The number of pyridine rings is 1. The summed E-state index contributed by atoms with van der Waals surface area (Å²) in [5.74, 6) is 0.679. The van der Waals surface area contributed by atoms with E-state index in [2.05, 4.69) is 25.5 Å². The molecular formula is C11H13N5OS. The van der Waals surface area contributed by atoms with Crippen molar-refractivity contribution < 1.29 is 4.79 Å². The fraction of sp³-hybridized carbons (Fsp3) is 0.273. The summed E-state index contributed by atoms with van der Waals surface area (Å²) in [5, 5.41) is 9.18. The van der Waals surface area contributed by atoms with Crippen LogP contribution in [0.4, 0.5) is 5.95 Å². The van der Waals surface area contributed by atoms with Gasteiger partial charge in [0, 0.05) is 6.20 Å². The van der Waals surface area contributed by atoms with E-state index in [1.54, 1.807) is 6.20 Å². The Bertz CT molecular complexity index is 527. The lowest BCUT2D eigenvalue weighted by atomic mass is 10.3. The smallest absolute Gasteiger partial charge is 0.249 e. The summed E-state index contributed by atoms with van der Waals surface area (Å²) in [7, 11) is 0. The van der Waals surface area contributed by atoms with Gasteiger partial charge in [-0.25, -0.2) is 0 Å². The van der Waals surface area contributed by atoms with Crippen LogP contribution in [0.5, 0.6) is 0 Å². The molecule has 0 fully saturated rings. The average molecular weight is 263 g/mol. The molecule has 1 atom stereocenters. The Hall–Kier alpha value is -1.89. The van der Waals surface area contributed by atoms with Crippen molar-refractivity contribution in [2.45, 2.75) is 12.2 Å². The van der Waals surface area contributed by atoms with Crippen LogP contribution < -0.4 is 5.32 Å². The van der Waals surface area contributed by atoms with E-state index in [1.807, 2.05) is 31.4 Å². The van der Waals surface area contributed by atoms with E-state index < -0.39 is 0 Å². The molecule has 0 aromatic carbocycles. The molecule has 0 aliphatic carbocycles. The van der Waals surface area contributed by atoms with E-state index in [0.29, 0.717) is 11.5 Å². The van der Waals surface area contributed by atoms with Crippen molar-refractivity contribution in [1.29, 1.82) is 0 Å². The van der Waals surface area contributed by atoms with E-state index in [1.165, 1.54) is 11.8 Å². The number of rotatable bonds is 4. The Morgan fingerprint density at radius 2 is 2.33 bits per heavy atom. The minimum absolute atomic E-state index is 0.117. The number of nitrogens with one attached hydrogen (secondary N) is 2. The Morgan fingerprint density at radius 1 is 1.50 bits per heavy atom. The maximum atomic E-state index is 11.6. The summed E-state index contributed by atoms with van der Waals surface area (Å²) in [6.45, 7) is 1.83. The summed E-state index contributed by atoms with van der Waals surface area (Å²) in [6.07, 6.45) is 3.55. The second-order valence-corrected chi connectivity index (χ2v) is 4.77. The van der Waals surface area contributed by atoms with Crippen LogP contribution in [0.1, 0.15) is 6.92 Å². The molecule has 1 amide bonds. The molecule has 0 aliphatic heterocycles. The molecule has 0 unspecified atom stereocenters. The first-order valence-corrected chi connectivity index (χ1v) is 6.67. The van der Waals surface area contributed by atoms with Crippen molar-refractivity contribution in [1.82, 2.24) is 20.2 Å². The van der Waals surface area contributed by atoms with E-state index in [4.69, 9.17) is 0 Å². The largest absolute Gasteiger partial charge is 0.292 e. The van der Waals surface area contributed by atoms with Crippen LogP contribution in [0, 0.1) is 0 Å². The van der Waals surface area contributed by atoms with Gasteiger partial charge in [0.05, 0.1) is 5.25 Å². The zero-order valence-electron chi connectivity index (χ0n) is 10.0. The van der Waals surface area contributed by atoms with Crippen LogP contribution in [-0.2, 0) is 4.79 Å². The van der Waals surface area contributed by atoms with Crippen molar-refractivity contribution in [2.24, 2.45) is 0 Å². The Balaban J connectivity index is 2.10. The predicted molar refractivity (Wildman–Crippen MR) is 71.2 cm³/mol. The SMILES string of the molecule is CS[C@@H](C)C(=O)Nc1n[nH]c(-c2ccccn2)n1.